The summed E-state index contributed by atoms with van der Waals surface area (Å²) >= 11 is 0. The van der Waals surface area contributed by atoms with E-state index in [4.69, 9.17) is 4.74 Å². The molecule has 3 aliphatic heterocycles. The number of unbranched alkanes of at least 4 members (excludes halogenated alkanes) is 2. The van der Waals surface area contributed by atoms with E-state index in [1.54, 1.807) is 33.9 Å². The van der Waals surface area contributed by atoms with Gasteiger partial charge in [0.25, 0.3) is 5.91 Å². The van der Waals surface area contributed by atoms with E-state index in [9.17, 15) is 19.5 Å². The molecule has 0 aromatic heterocycles. The zero-order chi connectivity index (χ0) is 28.4. The van der Waals surface area contributed by atoms with Crippen molar-refractivity contribution in [2.75, 3.05) is 38.2 Å². The Bertz CT molecular complexity index is 1310. The van der Waals surface area contributed by atoms with E-state index in [0.29, 0.717) is 38.8 Å². The number of hydrogen-bond acceptors (Lipinski definition) is 5. The van der Waals surface area contributed by atoms with Crippen molar-refractivity contribution in [3.63, 3.8) is 0 Å². The van der Waals surface area contributed by atoms with Crippen LogP contribution in [0.25, 0.3) is 10.8 Å². The number of nitrogens with zero attached hydrogens (tertiary/aromatic N) is 3. The van der Waals surface area contributed by atoms with Crippen LogP contribution in [-0.4, -0.2) is 83.7 Å². The molecule has 5 rings (SSSR count). The molecule has 3 fully saturated rings. The first kappa shape index (κ1) is 28.1. The van der Waals surface area contributed by atoms with Crippen LogP contribution in [0.3, 0.4) is 0 Å². The van der Waals surface area contributed by atoms with Gasteiger partial charge < -0.3 is 24.5 Å². The zero-order valence-corrected chi connectivity index (χ0v) is 23.2. The first-order valence-electron chi connectivity index (χ1n) is 14.2. The number of fused-ring (bicyclic) bond motifs is 2. The van der Waals surface area contributed by atoms with Crippen molar-refractivity contribution >= 4 is 34.2 Å². The Hall–Kier alpha value is -3.49. The third-order valence-electron chi connectivity index (χ3n) is 8.78. The van der Waals surface area contributed by atoms with Crippen molar-refractivity contribution in [2.24, 2.45) is 11.8 Å². The number of carbonyl (C=O) groups excluding carboxylic acids is 3. The molecular formula is C32H39N3O5. The zero-order valence-electron chi connectivity index (χ0n) is 23.2. The molecule has 0 radical (unpaired) electrons. The number of rotatable bonds is 12. The average Bonchev–Trinajstić information content (AvgIpc) is 3.60. The highest BCUT2D eigenvalue weighted by Gasteiger charge is 2.74. The summed E-state index contributed by atoms with van der Waals surface area (Å²) in [6, 6.07) is 13.0. The highest BCUT2D eigenvalue weighted by Crippen LogP contribution is 2.59. The minimum absolute atomic E-state index is 0.0783. The first-order chi connectivity index (χ1) is 19.4. The molecule has 212 valence electrons. The molecule has 3 heterocycles. The second-order valence-electron chi connectivity index (χ2n) is 11.1. The van der Waals surface area contributed by atoms with Gasteiger partial charge >= 0.3 is 0 Å². The van der Waals surface area contributed by atoms with Crippen molar-refractivity contribution < 1.29 is 24.2 Å². The fraction of sp³-hybridized carbons (Fsp3) is 0.469. The van der Waals surface area contributed by atoms with Crippen LogP contribution < -0.4 is 4.90 Å². The molecule has 2 unspecified atom stereocenters. The van der Waals surface area contributed by atoms with Crippen LogP contribution in [0.4, 0.5) is 5.69 Å². The second-order valence-corrected chi connectivity index (χ2v) is 11.1. The van der Waals surface area contributed by atoms with Gasteiger partial charge in [0.2, 0.25) is 11.8 Å². The Morgan fingerprint density at radius 1 is 1.07 bits per heavy atom. The number of hydrogen-bond donors (Lipinski definition) is 1. The molecule has 2 aromatic rings. The van der Waals surface area contributed by atoms with Crippen LogP contribution in [0.5, 0.6) is 0 Å². The van der Waals surface area contributed by atoms with E-state index in [1.807, 2.05) is 42.5 Å². The lowest BCUT2D eigenvalue weighted by Gasteiger charge is -2.37. The molecule has 3 amide bonds. The molecule has 40 heavy (non-hydrogen) atoms. The van der Waals surface area contributed by atoms with Crippen LogP contribution in [0, 0.1) is 11.8 Å². The molecule has 2 bridgehead atoms. The molecule has 2 aromatic carbocycles. The van der Waals surface area contributed by atoms with Gasteiger partial charge in [-0.2, -0.15) is 0 Å². The Kier molecular flexibility index (Phi) is 8.10. The van der Waals surface area contributed by atoms with Gasteiger partial charge in [0, 0.05) is 39.0 Å². The minimum atomic E-state index is -1.05. The van der Waals surface area contributed by atoms with Crippen molar-refractivity contribution in [2.45, 2.75) is 49.9 Å². The first-order valence-corrected chi connectivity index (χ1v) is 14.2. The van der Waals surface area contributed by atoms with Crippen LogP contribution in [0.2, 0.25) is 0 Å². The summed E-state index contributed by atoms with van der Waals surface area (Å²) in [6.07, 6.45) is 6.13. The summed E-state index contributed by atoms with van der Waals surface area (Å²) in [7, 11) is 1.71. The van der Waals surface area contributed by atoms with Crippen LogP contribution in [-0.2, 0) is 19.1 Å². The minimum Gasteiger partial charge on any atom is -0.396 e. The number of benzene rings is 2. The molecule has 8 heteroatoms. The fourth-order valence-electron chi connectivity index (χ4n) is 7.01. The summed E-state index contributed by atoms with van der Waals surface area (Å²) in [4.78, 5) is 47.3. The summed E-state index contributed by atoms with van der Waals surface area (Å²) < 4.78 is 6.59. The summed E-state index contributed by atoms with van der Waals surface area (Å²) in [6.45, 7) is 8.73. The third kappa shape index (κ3) is 4.63. The topological polar surface area (TPSA) is 90.4 Å². The van der Waals surface area contributed by atoms with E-state index < -0.39 is 29.6 Å². The largest absolute Gasteiger partial charge is 0.396 e. The van der Waals surface area contributed by atoms with Gasteiger partial charge in [0.15, 0.2) is 0 Å². The average molecular weight is 546 g/mol. The number of carbonyl (C=O) groups is 3. The van der Waals surface area contributed by atoms with Crippen LogP contribution in [0.15, 0.2) is 67.8 Å². The molecule has 1 spiro atoms. The van der Waals surface area contributed by atoms with Crippen molar-refractivity contribution in [1.82, 2.24) is 9.80 Å². The number of aliphatic hydroxyl groups is 1. The Balaban J connectivity index is 1.54. The normalized spacial score (nSPS) is 26.6. The number of amides is 3. The van der Waals surface area contributed by atoms with Gasteiger partial charge in [0.1, 0.15) is 11.6 Å². The van der Waals surface area contributed by atoms with Gasteiger partial charge in [-0.15, -0.1) is 13.2 Å². The number of aliphatic hydroxyl groups excluding tert-OH is 1. The quantitative estimate of drug-likeness (QED) is 0.326. The third-order valence-corrected chi connectivity index (χ3v) is 8.78. The van der Waals surface area contributed by atoms with Gasteiger partial charge in [-0.1, -0.05) is 42.5 Å². The molecular weight excluding hydrogens is 506 g/mol. The van der Waals surface area contributed by atoms with Crippen molar-refractivity contribution in [1.29, 1.82) is 0 Å². The maximum atomic E-state index is 14.6. The lowest BCUT2D eigenvalue weighted by molar-refractivity contribution is -0.144. The van der Waals surface area contributed by atoms with E-state index in [-0.39, 0.29) is 30.9 Å². The smallest absolute Gasteiger partial charge is 0.253 e. The predicted octanol–water partition coefficient (Wildman–Crippen LogP) is 3.54. The van der Waals surface area contributed by atoms with Gasteiger partial charge in [0.05, 0.1) is 17.9 Å². The number of anilines is 1. The highest BCUT2D eigenvalue weighted by molar-refractivity contribution is 6.05. The molecule has 3 aliphatic rings. The standard InChI is InChI=1S/C32H39N3O5/c1-4-17-33(3)29(37)26-25-15-16-32(40-25)27(26)30(38)35(19-9-6-10-20-36)28(32)31(39)34(18-5-2)24-14-13-22-11-7-8-12-23(22)21-24/h4-5,7-8,11-14,21,25-28,36H,1-2,6,9-10,15-20H2,3H3/t25-,26+,27-,28?,32?/m0/s1. The van der Waals surface area contributed by atoms with Gasteiger partial charge in [-0.3, -0.25) is 14.4 Å². The number of ether oxygens (including phenoxy) is 1. The molecule has 5 atom stereocenters. The van der Waals surface area contributed by atoms with Gasteiger partial charge in [-0.25, -0.2) is 0 Å². The monoisotopic (exact) mass is 545 g/mol. The SMILES string of the molecule is C=CCN(C)C(=O)[C@@H]1[C@@H]2CCC3(O2)C(C(=O)N(CC=C)c2ccc4ccccc4c2)N(CCCCCO)C(=O)[C@H]13. The Morgan fingerprint density at radius 2 is 1.82 bits per heavy atom. The summed E-state index contributed by atoms with van der Waals surface area (Å²) in [5.74, 6) is -1.89. The summed E-state index contributed by atoms with van der Waals surface area (Å²) in [5.41, 5.74) is -0.330. The van der Waals surface area contributed by atoms with Crippen molar-refractivity contribution in [3.8, 4) is 0 Å². The number of likely N-dealkylation sites (N-methyl/N-ethyl adjacent to an activating group) is 1. The second kappa shape index (κ2) is 11.6. The lowest BCUT2D eigenvalue weighted by atomic mass is 9.70. The Labute approximate surface area is 235 Å². The lowest BCUT2D eigenvalue weighted by Crippen LogP contribution is -2.56. The van der Waals surface area contributed by atoms with E-state index >= 15 is 0 Å². The molecule has 3 saturated heterocycles. The van der Waals surface area contributed by atoms with Crippen molar-refractivity contribution in [3.05, 3.63) is 67.8 Å². The van der Waals surface area contributed by atoms with E-state index in [1.165, 1.54) is 0 Å². The fourth-order valence-corrected chi connectivity index (χ4v) is 7.01. The van der Waals surface area contributed by atoms with Crippen LogP contribution in [0.1, 0.15) is 32.1 Å². The predicted molar refractivity (Wildman–Crippen MR) is 155 cm³/mol. The molecule has 0 saturated carbocycles. The maximum Gasteiger partial charge on any atom is 0.253 e. The van der Waals surface area contributed by atoms with E-state index in [0.717, 1.165) is 22.9 Å². The maximum absolute atomic E-state index is 14.6. The Morgan fingerprint density at radius 3 is 2.55 bits per heavy atom. The highest BCUT2D eigenvalue weighted by atomic mass is 16.5. The van der Waals surface area contributed by atoms with Gasteiger partial charge in [-0.05, 0) is 55.0 Å². The molecule has 8 nitrogen and oxygen atoms in total. The molecule has 0 aliphatic carbocycles. The molecule has 1 N–H and O–H groups in total. The van der Waals surface area contributed by atoms with Crippen LogP contribution >= 0.6 is 0 Å². The van der Waals surface area contributed by atoms with E-state index in [2.05, 4.69) is 13.2 Å². The summed E-state index contributed by atoms with van der Waals surface area (Å²) in [5, 5.41) is 11.4. The number of likely N-dealkylation sites (tertiary alicyclic amines) is 1.